The highest BCUT2D eigenvalue weighted by molar-refractivity contribution is 4.91. The lowest BCUT2D eigenvalue weighted by Crippen LogP contribution is -2.23. The Morgan fingerprint density at radius 2 is 2.14 bits per heavy atom. The van der Waals surface area contributed by atoms with Gasteiger partial charge in [0.25, 0.3) is 0 Å². The molecule has 4 heteroatoms. The molecule has 0 aromatic rings. The first kappa shape index (κ1) is 4.58. The SMILES string of the molecule is [O-]N1C=CCN1[O-]. The normalized spacial score (nSPS) is 21.7. The van der Waals surface area contributed by atoms with Crippen LogP contribution in [0.1, 0.15) is 0 Å². The quantitative estimate of drug-likeness (QED) is 0.431. The zero-order valence-corrected chi connectivity index (χ0v) is 3.57. The molecule has 0 spiro atoms. The van der Waals surface area contributed by atoms with Gasteiger partial charge in [-0.2, -0.15) is 0 Å². The maximum atomic E-state index is 10.0. The van der Waals surface area contributed by atoms with Gasteiger partial charge in [0.15, 0.2) is 0 Å². The van der Waals surface area contributed by atoms with E-state index in [-0.39, 0.29) is 11.7 Å². The lowest BCUT2D eigenvalue weighted by molar-refractivity contribution is 0.175. The Morgan fingerprint density at radius 3 is 2.29 bits per heavy atom. The number of hydroxylamine groups is 2. The minimum absolute atomic E-state index is 0.184. The van der Waals surface area contributed by atoms with E-state index in [0.717, 1.165) is 0 Å². The van der Waals surface area contributed by atoms with Crippen LogP contribution in [0.25, 0.3) is 0 Å². The third-order valence-corrected chi connectivity index (χ3v) is 0.714. The van der Waals surface area contributed by atoms with Crippen molar-refractivity contribution >= 4 is 0 Å². The molecule has 0 atom stereocenters. The van der Waals surface area contributed by atoms with Crippen LogP contribution in [-0.2, 0) is 0 Å². The van der Waals surface area contributed by atoms with Crippen LogP contribution in [0.15, 0.2) is 12.3 Å². The molecule has 1 aliphatic rings. The molecule has 0 fully saturated rings. The summed E-state index contributed by atoms with van der Waals surface area (Å²) in [5.74, 6) is 0. The van der Waals surface area contributed by atoms with Gasteiger partial charge in [0, 0.05) is 6.54 Å². The predicted molar refractivity (Wildman–Crippen MR) is 24.4 cm³/mol. The molecule has 4 nitrogen and oxygen atoms in total. The van der Waals surface area contributed by atoms with Gasteiger partial charge in [-0.3, -0.25) is 0 Å². The molecule has 0 aromatic heterocycles. The van der Waals surface area contributed by atoms with E-state index >= 15 is 0 Å². The fraction of sp³-hybridized carbons (Fsp3) is 0.333. The van der Waals surface area contributed by atoms with Crippen LogP contribution in [0.5, 0.6) is 0 Å². The zero-order valence-electron chi connectivity index (χ0n) is 3.57. The average molecular weight is 100 g/mol. The molecule has 0 saturated carbocycles. The number of hydrogen-bond donors (Lipinski definition) is 0. The van der Waals surface area contributed by atoms with Gasteiger partial charge in [-0.15, -0.1) is 0 Å². The third-order valence-electron chi connectivity index (χ3n) is 0.714. The van der Waals surface area contributed by atoms with E-state index in [9.17, 15) is 10.4 Å². The molecule has 0 unspecified atom stereocenters. The molecule has 1 heterocycles. The van der Waals surface area contributed by atoms with Crippen LogP contribution in [0, 0.1) is 10.4 Å². The largest absolute Gasteiger partial charge is 0.768 e. The molecule has 0 aromatic carbocycles. The lowest BCUT2D eigenvalue weighted by Gasteiger charge is -2.38. The molecular weight excluding hydrogens is 96.0 g/mol. The fourth-order valence-corrected chi connectivity index (χ4v) is 0.382. The lowest BCUT2D eigenvalue weighted by atomic mass is 10.7. The Labute approximate surface area is 40.8 Å². The Hall–Kier alpha value is -0.580. The fourth-order valence-electron chi connectivity index (χ4n) is 0.382. The second-order valence-corrected chi connectivity index (χ2v) is 1.22. The molecule has 0 radical (unpaired) electrons. The topological polar surface area (TPSA) is 52.6 Å². The second-order valence-electron chi connectivity index (χ2n) is 1.22. The minimum Gasteiger partial charge on any atom is -0.768 e. The van der Waals surface area contributed by atoms with Crippen molar-refractivity contribution in [2.75, 3.05) is 6.54 Å². The standard InChI is InChI=1S/C3H4N2O2/c6-4-2-1-3-5(4)7/h1-2H,3H2/q-2. The summed E-state index contributed by atoms with van der Waals surface area (Å²) in [7, 11) is 0. The molecule has 1 aliphatic heterocycles. The summed E-state index contributed by atoms with van der Waals surface area (Å²) in [6, 6.07) is 0. The van der Waals surface area contributed by atoms with Crippen LogP contribution in [-0.4, -0.2) is 16.9 Å². The monoisotopic (exact) mass is 100 g/mol. The van der Waals surface area contributed by atoms with Crippen molar-refractivity contribution in [3.8, 4) is 0 Å². The summed E-state index contributed by atoms with van der Waals surface area (Å²) < 4.78 is 0. The van der Waals surface area contributed by atoms with Gasteiger partial charge in [0.1, 0.15) is 0 Å². The molecule has 0 bridgehead atoms. The first-order valence-electron chi connectivity index (χ1n) is 1.88. The van der Waals surface area contributed by atoms with Crippen molar-refractivity contribution in [3.63, 3.8) is 0 Å². The molecule has 1 rings (SSSR count). The molecule has 40 valence electrons. The number of hydrogen-bond acceptors (Lipinski definition) is 4. The number of hydrazine groups is 1. The molecule has 7 heavy (non-hydrogen) atoms. The average Bonchev–Trinajstić information content (AvgIpc) is 1.91. The van der Waals surface area contributed by atoms with Gasteiger partial charge < -0.3 is 20.8 Å². The van der Waals surface area contributed by atoms with E-state index in [1.807, 2.05) is 0 Å². The summed E-state index contributed by atoms with van der Waals surface area (Å²) in [6.45, 7) is 0.184. The summed E-state index contributed by atoms with van der Waals surface area (Å²) >= 11 is 0. The third kappa shape index (κ3) is 0.714. The molecular formula is C3H4N2O2-2. The maximum Gasteiger partial charge on any atom is 0.0235 e. The predicted octanol–water partition coefficient (Wildman–Crippen LogP) is 0.0283. The van der Waals surface area contributed by atoms with Gasteiger partial charge in [0.05, 0.1) is 0 Å². The smallest absolute Gasteiger partial charge is 0.0235 e. The van der Waals surface area contributed by atoms with Crippen LogP contribution < -0.4 is 0 Å². The molecule has 0 amide bonds. The summed E-state index contributed by atoms with van der Waals surface area (Å²) in [4.78, 5) is 0. The van der Waals surface area contributed by atoms with Crippen molar-refractivity contribution in [1.82, 2.24) is 10.3 Å². The highest BCUT2D eigenvalue weighted by Gasteiger charge is 1.91. The Kier molecular flexibility index (Phi) is 0.976. The van der Waals surface area contributed by atoms with Crippen LogP contribution in [0.3, 0.4) is 0 Å². The van der Waals surface area contributed by atoms with Crippen molar-refractivity contribution in [2.24, 2.45) is 0 Å². The zero-order chi connectivity index (χ0) is 5.28. The van der Waals surface area contributed by atoms with E-state index in [1.165, 1.54) is 12.3 Å². The Bertz CT molecular complexity index is 92.9. The first-order valence-corrected chi connectivity index (χ1v) is 1.88. The number of nitrogens with zero attached hydrogens (tertiary/aromatic N) is 2. The van der Waals surface area contributed by atoms with Crippen molar-refractivity contribution in [1.29, 1.82) is 0 Å². The summed E-state index contributed by atoms with van der Waals surface area (Å²) in [5, 5.41) is 20.6. The van der Waals surface area contributed by atoms with Crippen molar-refractivity contribution < 1.29 is 0 Å². The van der Waals surface area contributed by atoms with Crippen molar-refractivity contribution in [3.05, 3.63) is 22.7 Å². The van der Waals surface area contributed by atoms with Gasteiger partial charge >= 0.3 is 0 Å². The Balaban J connectivity index is 2.45. The Morgan fingerprint density at radius 1 is 1.43 bits per heavy atom. The summed E-state index contributed by atoms with van der Waals surface area (Å²) in [5.41, 5.74) is 0. The minimum atomic E-state index is 0.184. The molecule has 0 N–H and O–H groups in total. The van der Waals surface area contributed by atoms with E-state index in [0.29, 0.717) is 5.17 Å². The van der Waals surface area contributed by atoms with Crippen molar-refractivity contribution in [2.45, 2.75) is 0 Å². The van der Waals surface area contributed by atoms with Gasteiger partial charge in [-0.1, -0.05) is 6.08 Å². The van der Waals surface area contributed by atoms with E-state index in [4.69, 9.17) is 0 Å². The molecule has 0 saturated heterocycles. The van der Waals surface area contributed by atoms with Crippen LogP contribution in [0.2, 0.25) is 0 Å². The van der Waals surface area contributed by atoms with E-state index < -0.39 is 0 Å². The summed E-state index contributed by atoms with van der Waals surface area (Å²) in [6.07, 6.45) is 2.69. The van der Waals surface area contributed by atoms with Crippen LogP contribution in [0.4, 0.5) is 0 Å². The maximum absolute atomic E-state index is 10.0. The van der Waals surface area contributed by atoms with E-state index in [2.05, 4.69) is 0 Å². The highest BCUT2D eigenvalue weighted by atomic mass is 16.7. The molecule has 0 aliphatic carbocycles. The first-order chi connectivity index (χ1) is 3.30. The highest BCUT2D eigenvalue weighted by Crippen LogP contribution is 2.00. The van der Waals surface area contributed by atoms with E-state index in [1.54, 1.807) is 0 Å². The van der Waals surface area contributed by atoms with Gasteiger partial charge in [-0.25, -0.2) is 0 Å². The number of rotatable bonds is 0. The second kappa shape index (κ2) is 1.49. The van der Waals surface area contributed by atoms with Gasteiger partial charge in [0.2, 0.25) is 0 Å². The van der Waals surface area contributed by atoms with Gasteiger partial charge in [-0.05, 0) is 6.20 Å². The van der Waals surface area contributed by atoms with Crippen LogP contribution >= 0.6 is 0 Å².